The van der Waals surface area contributed by atoms with Crippen LogP contribution in [0, 0.1) is 0 Å². The Bertz CT molecular complexity index is 879. The minimum atomic E-state index is -0.176. The van der Waals surface area contributed by atoms with E-state index in [1.165, 1.54) is 5.56 Å². The van der Waals surface area contributed by atoms with Gasteiger partial charge in [-0.25, -0.2) is 4.79 Å². The molecule has 138 valence electrons. The fourth-order valence-electron chi connectivity index (χ4n) is 3.51. The summed E-state index contributed by atoms with van der Waals surface area (Å²) in [4.78, 5) is 33.2. The van der Waals surface area contributed by atoms with E-state index in [4.69, 9.17) is 0 Å². The van der Waals surface area contributed by atoms with Crippen LogP contribution >= 0.6 is 0 Å². The summed E-state index contributed by atoms with van der Waals surface area (Å²) >= 11 is 0. The zero-order valence-electron chi connectivity index (χ0n) is 15.1. The molecule has 6 nitrogen and oxygen atoms in total. The molecule has 0 unspecified atom stereocenters. The maximum absolute atomic E-state index is 12.9. The number of amidine groups is 1. The Hall–Kier alpha value is -3.15. The summed E-state index contributed by atoms with van der Waals surface area (Å²) in [5, 5.41) is 2.92. The molecule has 0 radical (unpaired) electrons. The molecule has 27 heavy (non-hydrogen) atoms. The van der Waals surface area contributed by atoms with Gasteiger partial charge in [-0.1, -0.05) is 42.5 Å². The van der Waals surface area contributed by atoms with Gasteiger partial charge in [-0.15, -0.1) is 0 Å². The number of amides is 3. The highest BCUT2D eigenvalue weighted by molar-refractivity contribution is 6.20. The lowest BCUT2D eigenvalue weighted by Gasteiger charge is -2.39. The largest absolute Gasteiger partial charge is 0.354 e. The van der Waals surface area contributed by atoms with Crippen molar-refractivity contribution in [2.75, 3.05) is 31.1 Å². The van der Waals surface area contributed by atoms with E-state index < -0.39 is 0 Å². The van der Waals surface area contributed by atoms with Gasteiger partial charge in [-0.3, -0.25) is 19.6 Å². The third-order valence-corrected chi connectivity index (χ3v) is 4.84. The SMILES string of the molecule is O=C(CN1C(=O)N2CCCN=C2c2ccccc21)NCCc1ccccc1. The molecule has 3 amide bonds. The molecule has 0 saturated heterocycles. The molecule has 4 rings (SSSR count). The molecule has 1 N–H and O–H groups in total. The van der Waals surface area contributed by atoms with Crippen LogP contribution in [0.1, 0.15) is 17.5 Å². The van der Waals surface area contributed by atoms with Crippen molar-refractivity contribution < 1.29 is 9.59 Å². The predicted molar refractivity (Wildman–Crippen MR) is 105 cm³/mol. The Balaban J connectivity index is 1.46. The van der Waals surface area contributed by atoms with Crippen molar-refractivity contribution in [2.24, 2.45) is 4.99 Å². The third-order valence-electron chi connectivity index (χ3n) is 4.84. The summed E-state index contributed by atoms with van der Waals surface area (Å²) in [5.74, 6) is 0.564. The quantitative estimate of drug-likeness (QED) is 0.888. The molecule has 0 fully saturated rings. The van der Waals surface area contributed by atoms with Gasteiger partial charge in [0, 0.05) is 25.2 Å². The second kappa shape index (κ2) is 7.61. The van der Waals surface area contributed by atoms with E-state index in [1.807, 2.05) is 54.6 Å². The van der Waals surface area contributed by atoms with E-state index in [1.54, 1.807) is 9.80 Å². The number of benzene rings is 2. The van der Waals surface area contributed by atoms with Gasteiger partial charge < -0.3 is 5.32 Å². The average Bonchev–Trinajstić information content (AvgIpc) is 2.72. The summed E-state index contributed by atoms with van der Waals surface area (Å²) in [7, 11) is 0. The lowest BCUT2D eigenvalue weighted by molar-refractivity contribution is -0.119. The Morgan fingerprint density at radius 2 is 1.85 bits per heavy atom. The number of carbonyl (C=O) groups excluding carboxylic acids is 2. The molecule has 0 bridgehead atoms. The van der Waals surface area contributed by atoms with E-state index in [-0.39, 0.29) is 18.5 Å². The van der Waals surface area contributed by atoms with Crippen molar-refractivity contribution in [2.45, 2.75) is 12.8 Å². The summed E-state index contributed by atoms with van der Waals surface area (Å²) in [6.07, 6.45) is 1.61. The lowest BCUT2D eigenvalue weighted by Crippen LogP contribution is -2.55. The molecule has 2 aromatic carbocycles. The van der Waals surface area contributed by atoms with Crippen LogP contribution in [0.5, 0.6) is 0 Å². The number of para-hydroxylation sites is 1. The summed E-state index contributed by atoms with van der Waals surface area (Å²) < 4.78 is 0. The Kier molecular flexibility index (Phi) is 4.87. The zero-order valence-corrected chi connectivity index (χ0v) is 15.1. The summed E-state index contributed by atoms with van der Waals surface area (Å²) in [5.41, 5.74) is 2.83. The van der Waals surface area contributed by atoms with Gasteiger partial charge in [0.15, 0.2) is 0 Å². The van der Waals surface area contributed by atoms with Crippen molar-refractivity contribution in [3.63, 3.8) is 0 Å². The van der Waals surface area contributed by atoms with Crippen LogP contribution < -0.4 is 10.2 Å². The van der Waals surface area contributed by atoms with E-state index in [2.05, 4.69) is 10.3 Å². The van der Waals surface area contributed by atoms with Crippen LogP contribution in [0.15, 0.2) is 59.6 Å². The summed E-state index contributed by atoms with van der Waals surface area (Å²) in [6.45, 7) is 1.92. The van der Waals surface area contributed by atoms with Gasteiger partial charge in [0.1, 0.15) is 12.4 Å². The van der Waals surface area contributed by atoms with E-state index >= 15 is 0 Å². The molecule has 0 aromatic heterocycles. The normalized spacial score (nSPS) is 15.7. The second-order valence-corrected chi connectivity index (χ2v) is 6.68. The van der Waals surface area contributed by atoms with Crippen molar-refractivity contribution in [1.29, 1.82) is 0 Å². The molecule has 2 heterocycles. The molecular weight excluding hydrogens is 340 g/mol. The van der Waals surface area contributed by atoms with Crippen LogP contribution in [0.25, 0.3) is 0 Å². The Morgan fingerprint density at radius 3 is 2.70 bits per heavy atom. The van der Waals surface area contributed by atoms with Crippen LogP contribution in [0.4, 0.5) is 10.5 Å². The first kappa shape index (κ1) is 17.3. The average molecular weight is 362 g/mol. The number of carbonyl (C=O) groups is 2. The fourth-order valence-corrected chi connectivity index (χ4v) is 3.51. The molecule has 2 aliphatic rings. The minimum Gasteiger partial charge on any atom is -0.354 e. The highest BCUT2D eigenvalue weighted by Crippen LogP contribution is 2.30. The maximum Gasteiger partial charge on any atom is 0.330 e. The Morgan fingerprint density at radius 1 is 1.07 bits per heavy atom. The van der Waals surface area contributed by atoms with E-state index in [9.17, 15) is 9.59 Å². The van der Waals surface area contributed by atoms with Crippen LogP contribution in [-0.4, -0.2) is 48.9 Å². The molecule has 0 spiro atoms. The van der Waals surface area contributed by atoms with Gasteiger partial charge in [0.2, 0.25) is 5.91 Å². The first-order valence-corrected chi connectivity index (χ1v) is 9.27. The van der Waals surface area contributed by atoms with Crippen LogP contribution in [-0.2, 0) is 11.2 Å². The molecule has 2 aliphatic heterocycles. The molecule has 0 saturated carbocycles. The number of nitrogens with zero attached hydrogens (tertiary/aromatic N) is 3. The number of nitrogens with one attached hydrogen (secondary N) is 1. The molecule has 0 aliphatic carbocycles. The van der Waals surface area contributed by atoms with Crippen LogP contribution in [0.2, 0.25) is 0 Å². The van der Waals surface area contributed by atoms with Crippen molar-refractivity contribution in [3.8, 4) is 0 Å². The van der Waals surface area contributed by atoms with E-state index in [0.29, 0.717) is 13.1 Å². The fraction of sp³-hybridized carbons (Fsp3) is 0.286. The number of hydrogen-bond acceptors (Lipinski definition) is 3. The molecular formula is C21H22N4O2. The van der Waals surface area contributed by atoms with Gasteiger partial charge >= 0.3 is 6.03 Å². The molecule has 0 atom stereocenters. The second-order valence-electron chi connectivity index (χ2n) is 6.68. The number of anilines is 1. The predicted octanol–water partition coefficient (Wildman–Crippen LogP) is 2.44. The third kappa shape index (κ3) is 3.56. The Labute approximate surface area is 158 Å². The highest BCUT2D eigenvalue weighted by atomic mass is 16.2. The van der Waals surface area contributed by atoms with Crippen molar-refractivity contribution in [1.82, 2.24) is 10.2 Å². The van der Waals surface area contributed by atoms with Gasteiger partial charge in [-0.05, 0) is 30.5 Å². The van der Waals surface area contributed by atoms with E-state index in [0.717, 1.165) is 36.5 Å². The van der Waals surface area contributed by atoms with Crippen LogP contribution in [0.3, 0.4) is 0 Å². The number of rotatable bonds is 5. The van der Waals surface area contributed by atoms with Crippen molar-refractivity contribution >= 4 is 23.5 Å². The number of fused-ring (bicyclic) bond motifs is 3. The topological polar surface area (TPSA) is 65.0 Å². The molecule has 6 heteroatoms. The van der Waals surface area contributed by atoms with Gasteiger partial charge in [0.25, 0.3) is 0 Å². The summed E-state index contributed by atoms with van der Waals surface area (Å²) in [6, 6.07) is 17.5. The highest BCUT2D eigenvalue weighted by Gasteiger charge is 2.36. The molecule has 2 aromatic rings. The number of hydrogen-bond donors (Lipinski definition) is 1. The monoisotopic (exact) mass is 362 g/mol. The minimum absolute atomic E-state index is 0.00835. The smallest absolute Gasteiger partial charge is 0.330 e. The standard InChI is InChI=1S/C21H22N4O2/c26-19(22-13-11-16-7-2-1-3-8-16)15-25-18-10-5-4-9-17(18)20-23-12-6-14-24(20)21(25)27/h1-5,7-10H,6,11-15H2,(H,22,26). The first-order valence-electron chi connectivity index (χ1n) is 9.27. The van der Waals surface area contributed by atoms with Crippen molar-refractivity contribution in [3.05, 3.63) is 65.7 Å². The zero-order chi connectivity index (χ0) is 18.6. The number of urea groups is 1. The van der Waals surface area contributed by atoms with Gasteiger partial charge in [0.05, 0.1) is 5.69 Å². The van der Waals surface area contributed by atoms with Gasteiger partial charge in [-0.2, -0.15) is 0 Å². The maximum atomic E-state index is 12.9. The lowest BCUT2D eigenvalue weighted by atomic mass is 10.1. The number of aliphatic imine (C=N–C) groups is 1. The first-order chi connectivity index (χ1) is 13.2.